The Hall–Kier alpha value is -4.60. The molecular weight excluding hydrogens is 443 g/mol. The van der Waals surface area contributed by atoms with Gasteiger partial charge in [0, 0.05) is 5.56 Å². The van der Waals surface area contributed by atoms with E-state index < -0.39 is 17.6 Å². The second-order valence-corrected chi connectivity index (χ2v) is 6.91. The molecule has 2 amide bonds. The Balaban J connectivity index is 2.06. The quantitative estimate of drug-likeness (QED) is 0.344. The van der Waals surface area contributed by atoms with Crippen LogP contribution in [-0.2, 0) is 0 Å². The number of hydrogen-bond donors (Lipinski definition) is 3. The predicted octanol–water partition coefficient (Wildman–Crippen LogP) is 3.24. The highest BCUT2D eigenvalue weighted by atomic mass is 19.1. The molecule has 0 aliphatic heterocycles. The van der Waals surface area contributed by atoms with Crippen molar-refractivity contribution >= 4 is 29.0 Å². The monoisotopic (exact) mass is 466 g/mol. The number of anilines is 1. The zero-order chi connectivity index (χ0) is 24.8. The standard InChI is InChI=1S/C24H23FN4O5/c1-32-18-12-15(23(27)30)19(21(34-3)20(18)33-2)22(26)28-14-9-10-16(25)17(11-14)29-24(31)13-7-5-4-6-8-13/h4-12H,1-3H3,(H2,26,28)(H2,27,30)(H,29,31). The van der Waals surface area contributed by atoms with Crippen LogP contribution in [0.5, 0.6) is 17.2 Å². The van der Waals surface area contributed by atoms with Crippen molar-refractivity contribution in [2.75, 3.05) is 26.6 Å². The fourth-order valence-corrected chi connectivity index (χ4v) is 3.26. The molecule has 0 bridgehead atoms. The molecular formula is C24H23FN4O5. The third-order valence-electron chi connectivity index (χ3n) is 4.84. The number of nitrogens with two attached hydrogens (primary N) is 2. The Bertz CT molecular complexity index is 1260. The number of primary amides is 1. The molecule has 34 heavy (non-hydrogen) atoms. The van der Waals surface area contributed by atoms with Gasteiger partial charge in [0.25, 0.3) is 5.91 Å². The summed E-state index contributed by atoms with van der Waals surface area (Å²) in [7, 11) is 4.14. The molecule has 5 N–H and O–H groups in total. The minimum Gasteiger partial charge on any atom is -0.493 e. The van der Waals surface area contributed by atoms with E-state index in [1.165, 1.54) is 39.5 Å². The first-order valence-electron chi connectivity index (χ1n) is 9.93. The summed E-state index contributed by atoms with van der Waals surface area (Å²) in [5.74, 6) is -1.65. The van der Waals surface area contributed by atoms with Gasteiger partial charge in [0.15, 0.2) is 11.5 Å². The third kappa shape index (κ3) is 4.90. The maximum atomic E-state index is 14.4. The normalized spacial score (nSPS) is 11.0. The van der Waals surface area contributed by atoms with Gasteiger partial charge in [-0.1, -0.05) is 18.2 Å². The molecule has 0 radical (unpaired) electrons. The number of halogens is 1. The van der Waals surface area contributed by atoms with Gasteiger partial charge in [-0.15, -0.1) is 0 Å². The van der Waals surface area contributed by atoms with Crippen molar-refractivity contribution in [3.8, 4) is 17.2 Å². The number of hydrogen-bond acceptors (Lipinski definition) is 6. The lowest BCUT2D eigenvalue weighted by atomic mass is 10.0. The molecule has 0 aliphatic rings. The van der Waals surface area contributed by atoms with Gasteiger partial charge in [-0.3, -0.25) is 9.59 Å². The first kappa shape index (κ1) is 24.1. The summed E-state index contributed by atoms with van der Waals surface area (Å²) in [6.07, 6.45) is 0. The number of carbonyl (C=O) groups is 2. The van der Waals surface area contributed by atoms with Gasteiger partial charge in [-0.2, -0.15) is 0 Å². The molecule has 9 nitrogen and oxygen atoms in total. The highest BCUT2D eigenvalue weighted by Gasteiger charge is 2.25. The van der Waals surface area contributed by atoms with Crippen LogP contribution >= 0.6 is 0 Å². The van der Waals surface area contributed by atoms with Gasteiger partial charge in [-0.05, 0) is 36.4 Å². The van der Waals surface area contributed by atoms with Crippen molar-refractivity contribution in [3.63, 3.8) is 0 Å². The Kier molecular flexibility index (Phi) is 7.32. The maximum Gasteiger partial charge on any atom is 0.255 e. The van der Waals surface area contributed by atoms with Gasteiger partial charge < -0.3 is 31.0 Å². The van der Waals surface area contributed by atoms with Gasteiger partial charge in [0.2, 0.25) is 11.7 Å². The van der Waals surface area contributed by atoms with Gasteiger partial charge in [-0.25, -0.2) is 9.38 Å². The molecule has 0 spiro atoms. The second-order valence-electron chi connectivity index (χ2n) is 6.91. The van der Waals surface area contributed by atoms with Crippen molar-refractivity contribution in [2.45, 2.75) is 0 Å². The SMILES string of the molecule is COc1cc(C(N)=O)c(C(N)=Nc2ccc(F)c(NC(=O)c3ccccc3)c2)c(OC)c1OC. The fraction of sp³-hybridized carbons (Fsp3) is 0.125. The number of methoxy groups -OCH3 is 3. The number of rotatable bonds is 8. The lowest BCUT2D eigenvalue weighted by Crippen LogP contribution is -2.23. The Labute approximate surface area is 195 Å². The van der Waals surface area contributed by atoms with Crippen LogP contribution in [0.3, 0.4) is 0 Å². The Morgan fingerprint density at radius 2 is 1.59 bits per heavy atom. The molecule has 0 aromatic heterocycles. The third-order valence-corrected chi connectivity index (χ3v) is 4.84. The van der Waals surface area contributed by atoms with E-state index in [0.717, 1.165) is 6.07 Å². The first-order valence-corrected chi connectivity index (χ1v) is 9.93. The average Bonchev–Trinajstić information content (AvgIpc) is 2.84. The summed E-state index contributed by atoms with van der Waals surface area (Å²) in [6.45, 7) is 0. The van der Waals surface area contributed by atoms with Crippen LogP contribution in [0.25, 0.3) is 0 Å². The van der Waals surface area contributed by atoms with E-state index in [1.807, 2.05) is 0 Å². The van der Waals surface area contributed by atoms with Crippen LogP contribution in [0, 0.1) is 5.82 Å². The number of nitrogens with zero attached hydrogens (tertiary/aromatic N) is 1. The number of nitrogens with one attached hydrogen (secondary N) is 1. The van der Waals surface area contributed by atoms with Crippen molar-refractivity contribution in [3.05, 3.63) is 77.1 Å². The summed E-state index contributed by atoms with van der Waals surface area (Å²) in [4.78, 5) is 28.8. The van der Waals surface area contributed by atoms with E-state index in [4.69, 9.17) is 25.7 Å². The fourth-order valence-electron chi connectivity index (χ4n) is 3.26. The minimum absolute atomic E-state index is 0.0181. The van der Waals surface area contributed by atoms with Crippen LogP contribution < -0.4 is 31.0 Å². The van der Waals surface area contributed by atoms with Crippen molar-refractivity contribution < 1.29 is 28.2 Å². The molecule has 0 saturated carbocycles. The van der Waals surface area contributed by atoms with E-state index in [1.54, 1.807) is 30.3 Å². The van der Waals surface area contributed by atoms with Crippen LogP contribution in [0.1, 0.15) is 26.3 Å². The Morgan fingerprint density at radius 3 is 2.18 bits per heavy atom. The molecule has 0 saturated heterocycles. The zero-order valence-corrected chi connectivity index (χ0v) is 18.7. The van der Waals surface area contributed by atoms with E-state index in [0.29, 0.717) is 5.56 Å². The van der Waals surface area contributed by atoms with Crippen LogP contribution in [0.2, 0.25) is 0 Å². The van der Waals surface area contributed by atoms with E-state index in [-0.39, 0.29) is 45.6 Å². The molecule has 176 valence electrons. The maximum absolute atomic E-state index is 14.4. The molecule has 0 aliphatic carbocycles. The molecule has 0 atom stereocenters. The molecule has 10 heteroatoms. The molecule has 3 aromatic rings. The van der Waals surface area contributed by atoms with Gasteiger partial charge >= 0.3 is 0 Å². The number of aliphatic imine (C=N–C) groups is 1. The summed E-state index contributed by atoms with van der Waals surface area (Å²) in [5, 5.41) is 2.51. The number of benzene rings is 3. The average molecular weight is 466 g/mol. The van der Waals surface area contributed by atoms with Crippen molar-refractivity contribution in [1.29, 1.82) is 0 Å². The number of amidine groups is 1. The van der Waals surface area contributed by atoms with Crippen molar-refractivity contribution in [2.24, 2.45) is 16.5 Å². The zero-order valence-electron chi connectivity index (χ0n) is 18.7. The Morgan fingerprint density at radius 1 is 0.912 bits per heavy atom. The van der Waals surface area contributed by atoms with Gasteiger partial charge in [0.1, 0.15) is 11.7 Å². The first-order chi connectivity index (χ1) is 16.3. The number of carbonyl (C=O) groups excluding carboxylic acids is 2. The van der Waals surface area contributed by atoms with Gasteiger partial charge in [0.05, 0.1) is 43.8 Å². The summed E-state index contributed by atoms with van der Waals surface area (Å²) >= 11 is 0. The predicted molar refractivity (Wildman–Crippen MR) is 126 cm³/mol. The summed E-state index contributed by atoms with van der Waals surface area (Å²) in [6, 6.07) is 13.5. The van der Waals surface area contributed by atoms with Crippen LogP contribution in [0.15, 0.2) is 59.6 Å². The largest absolute Gasteiger partial charge is 0.493 e. The topological polar surface area (TPSA) is 138 Å². The lowest BCUT2D eigenvalue weighted by Gasteiger charge is -2.18. The molecule has 0 unspecified atom stereocenters. The van der Waals surface area contributed by atoms with E-state index in [9.17, 15) is 14.0 Å². The number of ether oxygens (including phenoxy) is 3. The summed E-state index contributed by atoms with van der Waals surface area (Å²) in [5.41, 5.74) is 12.3. The number of amides is 2. The highest BCUT2D eigenvalue weighted by Crippen LogP contribution is 2.42. The molecule has 3 rings (SSSR count). The smallest absolute Gasteiger partial charge is 0.255 e. The van der Waals surface area contributed by atoms with Crippen molar-refractivity contribution in [1.82, 2.24) is 0 Å². The highest BCUT2D eigenvalue weighted by molar-refractivity contribution is 6.12. The van der Waals surface area contributed by atoms with E-state index >= 15 is 0 Å². The van der Waals surface area contributed by atoms with Crippen LogP contribution in [-0.4, -0.2) is 39.0 Å². The van der Waals surface area contributed by atoms with Crippen LogP contribution in [0.4, 0.5) is 15.8 Å². The molecule has 3 aromatic carbocycles. The molecule has 0 fully saturated rings. The molecule has 0 heterocycles. The summed E-state index contributed by atoms with van der Waals surface area (Å²) < 4.78 is 30.4. The second kappa shape index (κ2) is 10.3. The lowest BCUT2D eigenvalue weighted by molar-refractivity contribution is 0.0996. The minimum atomic E-state index is -0.803. The van der Waals surface area contributed by atoms with E-state index in [2.05, 4.69) is 10.3 Å².